The molecule has 0 aliphatic rings. The van der Waals surface area contributed by atoms with E-state index >= 15 is 0 Å². The summed E-state index contributed by atoms with van der Waals surface area (Å²) in [6.07, 6.45) is 0.261. The van der Waals surface area contributed by atoms with Gasteiger partial charge in [-0.1, -0.05) is 6.07 Å². The number of nitro benzene ring substituents is 1. The zero-order valence-corrected chi connectivity index (χ0v) is 17.1. The van der Waals surface area contributed by atoms with Gasteiger partial charge in [-0.2, -0.15) is 8.78 Å². The van der Waals surface area contributed by atoms with Crippen LogP contribution in [0.15, 0.2) is 30.3 Å². The van der Waals surface area contributed by atoms with Crippen molar-refractivity contribution in [2.75, 3.05) is 27.4 Å². The third kappa shape index (κ3) is 6.17. The predicted octanol–water partition coefficient (Wildman–Crippen LogP) is 3.58. The van der Waals surface area contributed by atoms with Crippen LogP contribution in [0, 0.1) is 10.1 Å². The number of halogens is 2. The summed E-state index contributed by atoms with van der Waals surface area (Å²) >= 11 is 0. The van der Waals surface area contributed by atoms with Gasteiger partial charge in [0.2, 0.25) is 0 Å². The number of nitro groups is 1. The average Bonchev–Trinajstić information content (AvgIpc) is 2.73. The monoisotopic (exact) mass is 440 g/mol. The number of amides is 1. The van der Waals surface area contributed by atoms with Gasteiger partial charge in [-0.05, 0) is 31.0 Å². The number of alkyl halides is 2. The number of carbonyl (C=O) groups is 1. The summed E-state index contributed by atoms with van der Waals surface area (Å²) in [7, 11) is 2.68. The van der Waals surface area contributed by atoms with Crippen LogP contribution >= 0.6 is 0 Å². The predicted molar refractivity (Wildman–Crippen MR) is 106 cm³/mol. The van der Waals surface area contributed by atoms with Gasteiger partial charge in [-0.15, -0.1) is 0 Å². The first kappa shape index (κ1) is 23.6. The summed E-state index contributed by atoms with van der Waals surface area (Å²) in [4.78, 5) is 23.3. The lowest BCUT2D eigenvalue weighted by molar-refractivity contribution is -0.385. The number of carbonyl (C=O) groups excluding carboxylic acids is 1. The van der Waals surface area contributed by atoms with Gasteiger partial charge in [0.15, 0.2) is 23.0 Å². The molecular formula is C20H22F2N2O7. The molecule has 2 aromatic rings. The molecule has 2 aromatic carbocycles. The van der Waals surface area contributed by atoms with E-state index in [9.17, 15) is 23.7 Å². The van der Waals surface area contributed by atoms with E-state index in [1.54, 1.807) is 13.0 Å². The molecule has 168 valence electrons. The summed E-state index contributed by atoms with van der Waals surface area (Å²) in [5, 5.41) is 14.0. The summed E-state index contributed by atoms with van der Waals surface area (Å²) in [5.74, 6) is -0.344. The zero-order chi connectivity index (χ0) is 23.0. The standard InChI is InChI=1S/C20H22F2N2O7/c1-4-30-17-11-14(24(26)27)13(10-16(17)29-3)19(25)23-8-7-12-5-6-15(28-2)18(9-12)31-20(21)22/h5-6,9-11,20H,4,7-8H2,1-3H3,(H,23,25). The van der Waals surface area contributed by atoms with Gasteiger partial charge in [0.25, 0.3) is 11.6 Å². The van der Waals surface area contributed by atoms with E-state index in [1.807, 2.05) is 0 Å². The Bertz CT molecular complexity index is 938. The van der Waals surface area contributed by atoms with E-state index < -0.39 is 23.1 Å². The molecule has 11 heteroatoms. The van der Waals surface area contributed by atoms with Crippen LogP contribution in [0.25, 0.3) is 0 Å². The lowest BCUT2D eigenvalue weighted by Crippen LogP contribution is -2.26. The fraction of sp³-hybridized carbons (Fsp3) is 0.350. The van der Waals surface area contributed by atoms with Gasteiger partial charge in [0.1, 0.15) is 5.56 Å². The summed E-state index contributed by atoms with van der Waals surface area (Å²) in [6.45, 7) is -0.952. The molecule has 0 aromatic heterocycles. The van der Waals surface area contributed by atoms with Crippen LogP contribution < -0.4 is 24.3 Å². The van der Waals surface area contributed by atoms with Crippen molar-refractivity contribution in [2.45, 2.75) is 20.0 Å². The molecule has 1 amide bonds. The average molecular weight is 440 g/mol. The van der Waals surface area contributed by atoms with Crippen LogP contribution in [0.4, 0.5) is 14.5 Å². The molecule has 31 heavy (non-hydrogen) atoms. The molecule has 0 saturated heterocycles. The number of rotatable bonds is 11. The number of nitrogens with one attached hydrogen (secondary N) is 1. The second kappa shape index (κ2) is 11.0. The summed E-state index contributed by atoms with van der Waals surface area (Å²) < 4.78 is 45.0. The lowest BCUT2D eigenvalue weighted by atomic mass is 10.1. The van der Waals surface area contributed by atoms with Crippen LogP contribution in [-0.4, -0.2) is 44.8 Å². The molecule has 2 rings (SSSR count). The van der Waals surface area contributed by atoms with Gasteiger partial charge < -0.3 is 24.3 Å². The molecule has 1 N–H and O–H groups in total. The molecule has 0 bridgehead atoms. The topological polar surface area (TPSA) is 109 Å². The smallest absolute Gasteiger partial charge is 0.387 e. The summed E-state index contributed by atoms with van der Waals surface area (Å²) in [5.41, 5.74) is -0.0314. The highest BCUT2D eigenvalue weighted by molar-refractivity contribution is 5.99. The van der Waals surface area contributed by atoms with Crippen molar-refractivity contribution in [1.82, 2.24) is 5.32 Å². The number of ether oxygens (including phenoxy) is 4. The molecule has 0 radical (unpaired) electrons. The Kier molecular flexibility index (Phi) is 8.35. The maximum absolute atomic E-state index is 12.6. The largest absolute Gasteiger partial charge is 0.493 e. The number of methoxy groups -OCH3 is 2. The molecule has 0 atom stereocenters. The molecule has 0 spiro atoms. The van der Waals surface area contributed by atoms with Crippen molar-refractivity contribution in [3.63, 3.8) is 0 Å². The van der Waals surface area contributed by atoms with Crippen molar-refractivity contribution in [3.8, 4) is 23.0 Å². The van der Waals surface area contributed by atoms with E-state index in [1.165, 1.54) is 32.4 Å². The highest BCUT2D eigenvalue weighted by atomic mass is 19.3. The van der Waals surface area contributed by atoms with Crippen molar-refractivity contribution in [1.29, 1.82) is 0 Å². The summed E-state index contributed by atoms with van der Waals surface area (Å²) in [6, 6.07) is 6.84. The molecule has 0 aliphatic heterocycles. The third-order valence-electron chi connectivity index (χ3n) is 4.17. The minimum atomic E-state index is -3.01. The molecule has 0 saturated carbocycles. The number of hydrogen-bond donors (Lipinski definition) is 1. The maximum atomic E-state index is 12.6. The van der Waals surface area contributed by atoms with E-state index in [2.05, 4.69) is 10.1 Å². The van der Waals surface area contributed by atoms with Crippen LogP contribution in [0.5, 0.6) is 23.0 Å². The molecule has 9 nitrogen and oxygen atoms in total. The SMILES string of the molecule is CCOc1cc([N+](=O)[O-])c(C(=O)NCCc2ccc(OC)c(OC(F)F)c2)cc1OC. The lowest BCUT2D eigenvalue weighted by Gasteiger charge is -2.13. The first-order valence-electron chi connectivity index (χ1n) is 9.19. The Morgan fingerprint density at radius 2 is 1.81 bits per heavy atom. The maximum Gasteiger partial charge on any atom is 0.387 e. The second-order valence-corrected chi connectivity index (χ2v) is 6.08. The minimum absolute atomic E-state index is 0.0892. The molecule has 0 aliphatic carbocycles. The molecular weight excluding hydrogens is 418 g/mol. The van der Waals surface area contributed by atoms with Crippen LogP contribution in [0.2, 0.25) is 0 Å². The quantitative estimate of drug-likeness (QED) is 0.420. The van der Waals surface area contributed by atoms with Gasteiger partial charge in [-0.25, -0.2) is 0 Å². The van der Waals surface area contributed by atoms with Gasteiger partial charge in [0.05, 0.1) is 31.8 Å². The van der Waals surface area contributed by atoms with Crippen molar-refractivity contribution >= 4 is 11.6 Å². The first-order chi connectivity index (χ1) is 14.8. The van der Waals surface area contributed by atoms with Gasteiger partial charge >= 0.3 is 6.61 Å². The number of hydrogen-bond acceptors (Lipinski definition) is 7. The van der Waals surface area contributed by atoms with Crippen molar-refractivity contribution in [2.24, 2.45) is 0 Å². The third-order valence-corrected chi connectivity index (χ3v) is 4.17. The van der Waals surface area contributed by atoms with Crippen LogP contribution in [-0.2, 0) is 6.42 Å². The van der Waals surface area contributed by atoms with E-state index in [0.29, 0.717) is 5.56 Å². The van der Waals surface area contributed by atoms with Crippen molar-refractivity contribution in [3.05, 3.63) is 51.6 Å². The Morgan fingerprint density at radius 1 is 1.10 bits per heavy atom. The van der Waals surface area contributed by atoms with E-state index in [0.717, 1.165) is 6.07 Å². The number of nitrogens with zero attached hydrogens (tertiary/aromatic N) is 1. The Labute approximate surface area is 177 Å². The molecule has 0 unspecified atom stereocenters. The van der Waals surface area contributed by atoms with E-state index in [4.69, 9.17) is 14.2 Å². The van der Waals surface area contributed by atoms with Gasteiger partial charge in [0, 0.05) is 12.6 Å². The minimum Gasteiger partial charge on any atom is -0.493 e. The number of benzene rings is 2. The van der Waals surface area contributed by atoms with E-state index in [-0.39, 0.29) is 48.1 Å². The second-order valence-electron chi connectivity index (χ2n) is 6.08. The Morgan fingerprint density at radius 3 is 2.39 bits per heavy atom. The highest BCUT2D eigenvalue weighted by Gasteiger charge is 2.24. The molecule has 0 fully saturated rings. The molecule has 0 heterocycles. The zero-order valence-electron chi connectivity index (χ0n) is 17.1. The fourth-order valence-electron chi connectivity index (χ4n) is 2.79. The fourth-order valence-corrected chi connectivity index (χ4v) is 2.79. The first-order valence-corrected chi connectivity index (χ1v) is 9.19. The van der Waals surface area contributed by atoms with Gasteiger partial charge in [-0.3, -0.25) is 14.9 Å². The van der Waals surface area contributed by atoms with Crippen LogP contribution in [0.1, 0.15) is 22.8 Å². The van der Waals surface area contributed by atoms with Crippen molar-refractivity contribution < 1.29 is 37.4 Å². The highest BCUT2D eigenvalue weighted by Crippen LogP contribution is 2.35. The normalized spacial score (nSPS) is 10.5. The Hall–Kier alpha value is -3.63. The van der Waals surface area contributed by atoms with Crippen LogP contribution in [0.3, 0.4) is 0 Å². The Balaban J connectivity index is 2.15.